The summed E-state index contributed by atoms with van der Waals surface area (Å²) in [5.41, 5.74) is 11.3. The van der Waals surface area contributed by atoms with Gasteiger partial charge in [-0.3, -0.25) is 0 Å². The monoisotopic (exact) mass is 472 g/mol. The van der Waals surface area contributed by atoms with E-state index < -0.39 is 5.97 Å². The van der Waals surface area contributed by atoms with Crippen molar-refractivity contribution >= 4 is 33.7 Å². The molecule has 7 heteroatoms. The number of fused-ring (bicyclic) bond motifs is 3. The number of hydrogen-bond donors (Lipinski definition) is 2. The van der Waals surface area contributed by atoms with Gasteiger partial charge in [0.1, 0.15) is 17.9 Å². The lowest BCUT2D eigenvalue weighted by molar-refractivity contribution is -0.910. The van der Waals surface area contributed by atoms with Crippen LogP contribution in [0.2, 0.25) is 0 Å². The van der Waals surface area contributed by atoms with E-state index in [1.165, 1.54) is 37.1 Å². The zero-order valence-corrected chi connectivity index (χ0v) is 20.6. The van der Waals surface area contributed by atoms with Crippen molar-refractivity contribution < 1.29 is 14.4 Å². The average molecular weight is 473 g/mol. The number of nitrogen functional groups attached to an aromatic ring is 1. The zero-order chi connectivity index (χ0) is 24.6. The van der Waals surface area contributed by atoms with Gasteiger partial charge in [0.2, 0.25) is 0 Å². The number of hydrogen-bond acceptors (Lipinski definition) is 4. The van der Waals surface area contributed by atoms with Crippen LogP contribution in [0.5, 0.6) is 0 Å². The van der Waals surface area contributed by atoms with Gasteiger partial charge in [0.05, 0.1) is 36.7 Å². The Balaban J connectivity index is 1.55. The van der Waals surface area contributed by atoms with E-state index in [0.29, 0.717) is 23.4 Å². The third-order valence-electron chi connectivity index (χ3n) is 7.36. The number of nitrogens with zero attached hydrogens (tertiary/aromatic N) is 4. The van der Waals surface area contributed by atoms with Crippen LogP contribution in [0.15, 0.2) is 42.5 Å². The molecule has 1 saturated heterocycles. The normalized spacial score (nSPS) is 15.3. The Morgan fingerprint density at radius 3 is 2.49 bits per heavy atom. The maximum absolute atomic E-state index is 11.5. The van der Waals surface area contributed by atoms with Gasteiger partial charge in [-0.1, -0.05) is 37.6 Å². The number of unbranched alkanes of at least 4 members (excludes halogenated alkanes) is 1. The number of nitrogens with two attached hydrogens (primary N) is 1. The number of carboxylic acids is 1. The summed E-state index contributed by atoms with van der Waals surface area (Å²) in [4.78, 5) is 20.9. The summed E-state index contributed by atoms with van der Waals surface area (Å²) in [6.07, 6.45) is 5.61. The number of carboxylic acid groups (broad SMARTS) is 1. The topological polar surface area (TPSA) is 94.0 Å². The van der Waals surface area contributed by atoms with Gasteiger partial charge in [0.25, 0.3) is 0 Å². The second-order valence-corrected chi connectivity index (χ2v) is 10.2. The summed E-state index contributed by atoms with van der Waals surface area (Å²) in [7, 11) is 2.36. The van der Waals surface area contributed by atoms with Crippen LogP contribution in [0.4, 0.5) is 5.82 Å². The van der Waals surface area contributed by atoms with Crippen LogP contribution in [0.3, 0.4) is 0 Å². The summed E-state index contributed by atoms with van der Waals surface area (Å²) in [6, 6.07) is 14.0. The smallest absolute Gasteiger partial charge is 0.335 e. The molecule has 1 aliphatic heterocycles. The highest BCUT2D eigenvalue weighted by Gasteiger charge is 2.26. The standard InChI is InChI=1S/C28H33N5O2/c1-3-4-7-24-31-25-26(22-13-12-21(28(34)35)16-23(22)30-27(25)29)32(24)17-19-8-10-20(11-9-19)18-33(2)14-5-6-15-33/h8-13,16H,3-7,14-15,17-18H2,1-2H3,(H2-,29,30,34,35)/p+1. The first kappa shape index (κ1) is 23.3. The van der Waals surface area contributed by atoms with Crippen molar-refractivity contribution in [3.8, 4) is 0 Å². The minimum Gasteiger partial charge on any atom is -0.478 e. The van der Waals surface area contributed by atoms with Gasteiger partial charge in [-0.15, -0.1) is 0 Å². The van der Waals surface area contributed by atoms with Crippen molar-refractivity contribution in [1.82, 2.24) is 14.5 Å². The average Bonchev–Trinajstić information content (AvgIpc) is 3.43. The van der Waals surface area contributed by atoms with Crippen LogP contribution in [-0.2, 0) is 19.5 Å². The summed E-state index contributed by atoms with van der Waals surface area (Å²) in [6.45, 7) is 6.45. The molecule has 1 aliphatic rings. The zero-order valence-electron chi connectivity index (χ0n) is 20.6. The molecule has 2 aromatic heterocycles. The van der Waals surface area contributed by atoms with Crippen molar-refractivity contribution in [2.24, 2.45) is 0 Å². The molecule has 0 amide bonds. The molecule has 5 rings (SSSR count). The van der Waals surface area contributed by atoms with Crippen LogP contribution < -0.4 is 5.73 Å². The van der Waals surface area contributed by atoms with Crippen LogP contribution >= 0.6 is 0 Å². The predicted octanol–water partition coefficient (Wildman–Crippen LogP) is 5.00. The molecule has 2 aromatic carbocycles. The van der Waals surface area contributed by atoms with Crippen molar-refractivity contribution in [3.63, 3.8) is 0 Å². The Bertz CT molecular complexity index is 1380. The number of anilines is 1. The molecule has 35 heavy (non-hydrogen) atoms. The van der Waals surface area contributed by atoms with Crippen LogP contribution in [-0.4, -0.2) is 50.2 Å². The fourth-order valence-electron chi connectivity index (χ4n) is 5.42. The largest absolute Gasteiger partial charge is 0.478 e. The molecule has 0 atom stereocenters. The van der Waals surface area contributed by atoms with Gasteiger partial charge < -0.3 is 19.9 Å². The minimum atomic E-state index is -0.977. The highest BCUT2D eigenvalue weighted by atomic mass is 16.4. The molecule has 3 heterocycles. The fraction of sp³-hybridized carbons (Fsp3) is 0.393. The van der Waals surface area contributed by atoms with E-state index in [1.807, 2.05) is 6.07 Å². The van der Waals surface area contributed by atoms with Crippen LogP contribution in [0, 0.1) is 0 Å². The Labute approximate surface area is 205 Å². The lowest BCUT2D eigenvalue weighted by Gasteiger charge is -2.29. The molecule has 0 saturated carbocycles. The molecule has 0 spiro atoms. The second-order valence-electron chi connectivity index (χ2n) is 10.2. The molecular weight excluding hydrogens is 438 g/mol. The first-order valence-corrected chi connectivity index (χ1v) is 12.6. The molecule has 0 unspecified atom stereocenters. The number of imidazole rings is 1. The van der Waals surface area contributed by atoms with Crippen LogP contribution in [0.25, 0.3) is 21.9 Å². The summed E-state index contributed by atoms with van der Waals surface area (Å²) < 4.78 is 3.37. The van der Waals surface area contributed by atoms with Gasteiger partial charge in [0, 0.05) is 36.8 Å². The highest BCUT2D eigenvalue weighted by Crippen LogP contribution is 2.31. The number of aromatic carboxylic acids is 1. The quantitative estimate of drug-likeness (QED) is 0.352. The molecule has 0 radical (unpaired) electrons. The molecule has 7 nitrogen and oxygen atoms in total. The SMILES string of the molecule is CCCCc1nc2c(N)nc3cc(C(=O)O)ccc3c2n1Cc1ccc(C[N+]2(C)CCCC2)cc1. The number of carbonyl (C=O) groups is 1. The number of benzene rings is 2. The van der Waals surface area contributed by atoms with Gasteiger partial charge >= 0.3 is 5.97 Å². The molecule has 0 bridgehead atoms. The molecule has 1 fully saturated rings. The minimum absolute atomic E-state index is 0.200. The summed E-state index contributed by atoms with van der Waals surface area (Å²) >= 11 is 0. The van der Waals surface area contributed by atoms with Crippen molar-refractivity contribution in [2.75, 3.05) is 25.9 Å². The van der Waals surface area contributed by atoms with E-state index in [2.05, 4.69) is 47.8 Å². The Morgan fingerprint density at radius 1 is 1.09 bits per heavy atom. The lowest BCUT2D eigenvalue weighted by atomic mass is 10.1. The van der Waals surface area contributed by atoms with E-state index in [0.717, 1.165) is 47.0 Å². The number of pyridine rings is 1. The van der Waals surface area contributed by atoms with Crippen molar-refractivity contribution in [2.45, 2.75) is 52.1 Å². The molecule has 0 aliphatic carbocycles. The van der Waals surface area contributed by atoms with Crippen molar-refractivity contribution in [1.29, 1.82) is 0 Å². The molecule has 3 N–H and O–H groups in total. The van der Waals surface area contributed by atoms with Gasteiger partial charge in [-0.2, -0.15) is 0 Å². The van der Waals surface area contributed by atoms with E-state index >= 15 is 0 Å². The molecule has 4 aromatic rings. The predicted molar refractivity (Wildman–Crippen MR) is 139 cm³/mol. The maximum atomic E-state index is 11.5. The second kappa shape index (κ2) is 9.30. The van der Waals surface area contributed by atoms with Gasteiger partial charge in [0.15, 0.2) is 5.82 Å². The number of quaternary nitrogens is 1. The molecule has 182 valence electrons. The fourth-order valence-corrected chi connectivity index (χ4v) is 5.42. The third-order valence-corrected chi connectivity index (χ3v) is 7.36. The summed E-state index contributed by atoms with van der Waals surface area (Å²) in [5.74, 6) is 0.350. The Hall–Kier alpha value is -3.45. The number of likely N-dealkylation sites (tertiary alicyclic amines) is 1. The highest BCUT2D eigenvalue weighted by molar-refractivity contribution is 6.08. The van der Waals surface area contributed by atoms with Crippen LogP contribution in [0.1, 0.15) is 59.9 Å². The van der Waals surface area contributed by atoms with E-state index in [-0.39, 0.29) is 5.56 Å². The van der Waals surface area contributed by atoms with E-state index in [9.17, 15) is 9.90 Å². The third kappa shape index (κ3) is 4.60. The maximum Gasteiger partial charge on any atom is 0.335 e. The van der Waals surface area contributed by atoms with Gasteiger partial charge in [-0.05, 0) is 30.2 Å². The van der Waals surface area contributed by atoms with E-state index in [1.54, 1.807) is 12.1 Å². The number of aromatic nitrogens is 3. The van der Waals surface area contributed by atoms with E-state index in [4.69, 9.17) is 10.7 Å². The number of aryl methyl sites for hydroxylation is 1. The molecular formula is C28H34N5O2+. The number of rotatable bonds is 8. The first-order valence-electron chi connectivity index (χ1n) is 12.6. The summed E-state index contributed by atoms with van der Waals surface area (Å²) in [5, 5.41) is 10.3. The Kier molecular flexibility index (Phi) is 6.19. The lowest BCUT2D eigenvalue weighted by Crippen LogP contribution is -2.39. The Morgan fingerprint density at radius 2 is 1.80 bits per heavy atom. The van der Waals surface area contributed by atoms with Gasteiger partial charge in [-0.25, -0.2) is 14.8 Å². The van der Waals surface area contributed by atoms with Crippen molar-refractivity contribution in [3.05, 3.63) is 65.0 Å². The first-order chi connectivity index (χ1) is 16.9.